The topological polar surface area (TPSA) is 104 Å². The Hall–Kier alpha value is -3.56. The van der Waals surface area contributed by atoms with Crippen LogP contribution in [0.15, 0.2) is 54.7 Å². The second-order valence-electron chi connectivity index (χ2n) is 5.84. The molecule has 0 radical (unpaired) electrons. The molecular formula is C20H21N3O6. The van der Waals surface area contributed by atoms with Crippen LogP contribution >= 0.6 is 0 Å². The van der Waals surface area contributed by atoms with Crippen LogP contribution in [0.2, 0.25) is 0 Å². The van der Waals surface area contributed by atoms with E-state index >= 15 is 0 Å². The van der Waals surface area contributed by atoms with Gasteiger partial charge in [0.15, 0.2) is 13.6 Å². The molecule has 0 aliphatic carbocycles. The molecule has 9 nitrogen and oxygen atoms in total. The Labute approximate surface area is 167 Å². The van der Waals surface area contributed by atoms with Crippen molar-refractivity contribution in [1.82, 2.24) is 9.78 Å². The van der Waals surface area contributed by atoms with E-state index in [0.29, 0.717) is 11.6 Å². The van der Waals surface area contributed by atoms with Crippen molar-refractivity contribution in [3.8, 4) is 17.2 Å². The van der Waals surface area contributed by atoms with E-state index in [1.165, 1.54) is 20.3 Å². The fourth-order valence-corrected chi connectivity index (χ4v) is 2.67. The molecule has 2 aromatic carbocycles. The van der Waals surface area contributed by atoms with Crippen molar-refractivity contribution >= 4 is 17.5 Å². The van der Waals surface area contributed by atoms with E-state index < -0.39 is 5.97 Å². The first kappa shape index (κ1) is 20.2. The van der Waals surface area contributed by atoms with E-state index in [4.69, 9.17) is 18.9 Å². The molecular weight excluding hydrogens is 378 g/mol. The van der Waals surface area contributed by atoms with Gasteiger partial charge in [-0.05, 0) is 12.1 Å². The fraction of sp³-hybridized carbons (Fsp3) is 0.200. The van der Waals surface area contributed by atoms with E-state index in [1.807, 2.05) is 30.3 Å². The van der Waals surface area contributed by atoms with Crippen molar-refractivity contribution in [3.05, 3.63) is 60.3 Å². The van der Waals surface area contributed by atoms with Gasteiger partial charge in [-0.2, -0.15) is 5.10 Å². The highest BCUT2D eigenvalue weighted by Crippen LogP contribution is 2.35. The van der Waals surface area contributed by atoms with Crippen LogP contribution in [0, 0.1) is 0 Å². The van der Waals surface area contributed by atoms with Gasteiger partial charge in [0.25, 0.3) is 0 Å². The normalized spacial score (nSPS) is 10.6. The lowest BCUT2D eigenvalue weighted by Crippen LogP contribution is -2.11. The third-order valence-electron chi connectivity index (χ3n) is 3.87. The van der Waals surface area contributed by atoms with Crippen LogP contribution in [0.25, 0.3) is 5.69 Å². The molecule has 0 aliphatic rings. The number of carboxylic acid groups (broad SMARTS) is 1. The standard InChI is InChI=1S/C20H21N3O6/c1-26-12-28-15-10-16(19(20(24)25)17(11-15)29-13-27-2)22-18-8-9-21-23(18)14-6-4-3-5-7-14/h3-11,22H,12-13H2,1-2H3,(H,24,25). The number of nitrogens with one attached hydrogen (secondary N) is 1. The minimum absolute atomic E-state index is 0.00246. The largest absolute Gasteiger partial charge is 0.477 e. The Morgan fingerprint density at radius 1 is 1.07 bits per heavy atom. The second-order valence-corrected chi connectivity index (χ2v) is 5.84. The fourth-order valence-electron chi connectivity index (χ4n) is 2.67. The Morgan fingerprint density at radius 2 is 1.79 bits per heavy atom. The average Bonchev–Trinajstić information content (AvgIpc) is 3.19. The highest BCUT2D eigenvalue weighted by molar-refractivity contribution is 5.98. The average molecular weight is 399 g/mol. The zero-order valence-electron chi connectivity index (χ0n) is 16.0. The Morgan fingerprint density at radius 3 is 2.48 bits per heavy atom. The molecule has 9 heteroatoms. The molecule has 0 amide bonds. The minimum atomic E-state index is -1.16. The van der Waals surface area contributed by atoms with Crippen LogP contribution in [0.5, 0.6) is 11.5 Å². The maximum absolute atomic E-state index is 12.0. The number of hydrogen-bond acceptors (Lipinski definition) is 7. The molecule has 3 aromatic rings. The molecule has 3 rings (SSSR count). The van der Waals surface area contributed by atoms with E-state index in [-0.39, 0.29) is 30.6 Å². The first-order chi connectivity index (χ1) is 14.1. The maximum Gasteiger partial charge on any atom is 0.341 e. The number of aromatic nitrogens is 2. The number of aromatic carboxylic acids is 1. The predicted octanol–water partition coefficient (Wildman–Crippen LogP) is 3.28. The lowest BCUT2D eigenvalue weighted by Gasteiger charge is -2.17. The summed E-state index contributed by atoms with van der Waals surface area (Å²) >= 11 is 0. The highest BCUT2D eigenvalue weighted by atomic mass is 16.7. The summed E-state index contributed by atoms with van der Waals surface area (Å²) in [7, 11) is 2.94. The van der Waals surface area contributed by atoms with Gasteiger partial charge in [0.1, 0.15) is 22.9 Å². The molecule has 152 valence electrons. The van der Waals surface area contributed by atoms with Crippen molar-refractivity contribution in [3.63, 3.8) is 0 Å². The first-order valence-corrected chi connectivity index (χ1v) is 8.65. The Bertz CT molecular complexity index is 958. The van der Waals surface area contributed by atoms with Crippen molar-refractivity contribution in [2.75, 3.05) is 33.1 Å². The summed E-state index contributed by atoms with van der Waals surface area (Å²) in [4.78, 5) is 12.0. The number of hydrogen-bond donors (Lipinski definition) is 2. The highest BCUT2D eigenvalue weighted by Gasteiger charge is 2.21. The minimum Gasteiger partial charge on any atom is -0.477 e. The second kappa shape index (κ2) is 9.58. The SMILES string of the molecule is COCOc1cc(Nc2ccnn2-c2ccccc2)c(C(=O)O)c(OCOC)c1. The molecule has 0 bridgehead atoms. The van der Waals surface area contributed by atoms with Gasteiger partial charge < -0.3 is 29.4 Å². The summed E-state index contributed by atoms with van der Waals surface area (Å²) in [5, 5.41) is 17.2. The van der Waals surface area contributed by atoms with Gasteiger partial charge in [-0.25, -0.2) is 9.48 Å². The molecule has 0 saturated carbocycles. The summed E-state index contributed by atoms with van der Waals surface area (Å²) in [5.41, 5.74) is 1.03. The molecule has 2 N–H and O–H groups in total. The molecule has 0 atom stereocenters. The van der Waals surface area contributed by atoms with Gasteiger partial charge in [-0.15, -0.1) is 0 Å². The molecule has 0 spiro atoms. The van der Waals surface area contributed by atoms with Gasteiger partial charge in [0.2, 0.25) is 0 Å². The number of anilines is 2. The first-order valence-electron chi connectivity index (χ1n) is 8.65. The number of rotatable bonds is 10. The van der Waals surface area contributed by atoms with E-state index in [1.54, 1.807) is 23.0 Å². The van der Waals surface area contributed by atoms with E-state index in [2.05, 4.69) is 10.4 Å². The van der Waals surface area contributed by atoms with Crippen molar-refractivity contribution in [2.45, 2.75) is 0 Å². The summed E-state index contributed by atoms with van der Waals surface area (Å²) in [5.74, 6) is -0.125. The lowest BCUT2D eigenvalue weighted by atomic mass is 10.1. The molecule has 1 aromatic heterocycles. The van der Waals surface area contributed by atoms with Crippen LogP contribution in [0.1, 0.15) is 10.4 Å². The van der Waals surface area contributed by atoms with Crippen LogP contribution in [-0.2, 0) is 9.47 Å². The number of para-hydroxylation sites is 1. The maximum atomic E-state index is 12.0. The van der Waals surface area contributed by atoms with Gasteiger partial charge in [-0.1, -0.05) is 18.2 Å². The van der Waals surface area contributed by atoms with E-state index in [0.717, 1.165) is 5.69 Å². The van der Waals surface area contributed by atoms with Gasteiger partial charge >= 0.3 is 5.97 Å². The number of ether oxygens (including phenoxy) is 4. The molecule has 1 heterocycles. The van der Waals surface area contributed by atoms with E-state index in [9.17, 15) is 9.90 Å². The van der Waals surface area contributed by atoms with Crippen LogP contribution < -0.4 is 14.8 Å². The molecule has 0 unspecified atom stereocenters. The number of methoxy groups -OCH3 is 2. The monoisotopic (exact) mass is 399 g/mol. The van der Waals surface area contributed by atoms with Crippen LogP contribution in [0.3, 0.4) is 0 Å². The number of nitrogens with zero attached hydrogens (tertiary/aromatic N) is 2. The molecule has 0 saturated heterocycles. The van der Waals surface area contributed by atoms with Crippen molar-refractivity contribution in [1.29, 1.82) is 0 Å². The summed E-state index contributed by atoms with van der Waals surface area (Å²) in [6.45, 7) is -0.118. The Balaban J connectivity index is 2.03. The zero-order valence-corrected chi connectivity index (χ0v) is 16.0. The molecule has 0 aliphatic heterocycles. The van der Waals surface area contributed by atoms with Crippen molar-refractivity contribution in [2.24, 2.45) is 0 Å². The Kier molecular flexibility index (Phi) is 6.67. The van der Waals surface area contributed by atoms with Gasteiger partial charge in [0, 0.05) is 32.4 Å². The third kappa shape index (κ3) is 4.84. The lowest BCUT2D eigenvalue weighted by molar-refractivity contribution is 0.0447. The summed E-state index contributed by atoms with van der Waals surface area (Å²) in [6.07, 6.45) is 1.61. The number of carbonyl (C=O) groups is 1. The quantitative estimate of drug-likeness (QED) is 0.501. The summed E-state index contributed by atoms with van der Waals surface area (Å²) < 4.78 is 22.4. The predicted molar refractivity (Wildman–Crippen MR) is 105 cm³/mol. The number of carboxylic acids is 1. The summed E-state index contributed by atoms with van der Waals surface area (Å²) in [6, 6.07) is 14.2. The van der Waals surface area contributed by atoms with Crippen molar-refractivity contribution < 1.29 is 28.8 Å². The molecule has 0 fully saturated rings. The van der Waals surface area contributed by atoms with Crippen LogP contribution in [0.4, 0.5) is 11.5 Å². The smallest absolute Gasteiger partial charge is 0.341 e. The van der Waals surface area contributed by atoms with Crippen LogP contribution in [-0.4, -0.2) is 48.7 Å². The molecule has 29 heavy (non-hydrogen) atoms. The van der Waals surface area contributed by atoms with Gasteiger partial charge in [-0.3, -0.25) is 0 Å². The third-order valence-corrected chi connectivity index (χ3v) is 3.87. The zero-order chi connectivity index (χ0) is 20.6. The van der Waals surface area contributed by atoms with Gasteiger partial charge in [0.05, 0.1) is 17.6 Å². The number of benzene rings is 2.